The summed E-state index contributed by atoms with van der Waals surface area (Å²) in [6.45, 7) is -0.673. The van der Waals surface area contributed by atoms with Crippen molar-refractivity contribution in [2.75, 3.05) is 39.0 Å². The Bertz CT molecular complexity index is 1760. The maximum absolute atomic E-state index is 14.3. The van der Waals surface area contributed by atoms with Gasteiger partial charge in [-0.2, -0.15) is 18.3 Å². The van der Waals surface area contributed by atoms with Crippen LogP contribution in [0.2, 0.25) is 10.0 Å². The Balaban J connectivity index is 1.62. The number of aliphatic hydroxyl groups is 1. The number of aromatic nitrogens is 2. The van der Waals surface area contributed by atoms with Crippen molar-refractivity contribution in [3.8, 4) is 5.69 Å². The van der Waals surface area contributed by atoms with Crippen molar-refractivity contribution < 1.29 is 32.7 Å². The first-order valence-electron chi connectivity index (χ1n) is 13.4. The van der Waals surface area contributed by atoms with Crippen LogP contribution in [0.15, 0.2) is 60.8 Å². The number of nitrogens with two attached hydrogens (primary N) is 1. The lowest BCUT2D eigenvalue weighted by Gasteiger charge is -2.34. The van der Waals surface area contributed by atoms with Gasteiger partial charge < -0.3 is 26.0 Å². The molecule has 10 nitrogen and oxygen atoms in total. The Morgan fingerprint density at radius 1 is 1.00 bits per heavy atom. The van der Waals surface area contributed by atoms with Crippen molar-refractivity contribution in [2.24, 2.45) is 5.73 Å². The number of aryl methyl sites for hydroxylation is 1. The number of fused-ring (bicyclic) bond motifs is 1. The summed E-state index contributed by atoms with van der Waals surface area (Å²) in [5, 5.41) is 18.3. The van der Waals surface area contributed by atoms with E-state index in [1.165, 1.54) is 41.0 Å². The van der Waals surface area contributed by atoms with E-state index in [0.29, 0.717) is 27.1 Å². The van der Waals surface area contributed by atoms with Crippen LogP contribution in [0.25, 0.3) is 16.6 Å². The molecule has 3 amide bonds. The molecule has 0 spiro atoms. The van der Waals surface area contributed by atoms with Crippen LogP contribution in [0, 0.1) is 6.92 Å². The van der Waals surface area contributed by atoms with Crippen LogP contribution in [-0.2, 0) is 4.79 Å². The topological polar surface area (TPSA) is 134 Å². The zero-order chi connectivity index (χ0) is 33.3. The van der Waals surface area contributed by atoms with Crippen molar-refractivity contribution in [3.63, 3.8) is 0 Å². The van der Waals surface area contributed by atoms with Crippen LogP contribution < -0.4 is 11.1 Å². The molecule has 0 fully saturated rings. The normalized spacial score (nSPS) is 12.9. The van der Waals surface area contributed by atoms with Gasteiger partial charge in [-0.25, -0.2) is 4.68 Å². The number of benzene rings is 3. The molecule has 238 valence electrons. The van der Waals surface area contributed by atoms with Gasteiger partial charge in [0, 0.05) is 30.7 Å². The molecule has 15 heteroatoms. The number of alkyl halides is 3. The fourth-order valence-electron chi connectivity index (χ4n) is 4.76. The van der Waals surface area contributed by atoms with Gasteiger partial charge >= 0.3 is 6.18 Å². The maximum atomic E-state index is 14.3. The molecule has 0 radical (unpaired) electrons. The third kappa shape index (κ3) is 7.16. The standard InChI is InChI=1S/C30H29Cl2F3N6O4/c1-17-10-23(37-15-29(45,30(33,34)35)16-40(3)28(44)26-21(31)8-5-9-22(26)32)20-13-38-41(24(20)11-17)19-7-4-6-18(12-19)27(43)39(2)14-25(36)42/h4-13,37,45H,14-16H2,1-3H3,(H2,36,42). The molecule has 0 saturated heterocycles. The van der Waals surface area contributed by atoms with E-state index in [9.17, 15) is 32.7 Å². The van der Waals surface area contributed by atoms with Crippen LogP contribution in [0.3, 0.4) is 0 Å². The summed E-state index contributed by atoms with van der Waals surface area (Å²) in [6.07, 6.45) is -3.70. The van der Waals surface area contributed by atoms with Gasteiger partial charge in [0.1, 0.15) is 0 Å². The molecule has 0 aliphatic heterocycles. The SMILES string of the molecule is Cc1cc(NCC(O)(CN(C)C(=O)c2c(Cl)cccc2Cl)C(F)(F)F)c2cnn(-c3cccc(C(=O)N(C)CC(N)=O)c3)c2c1. The lowest BCUT2D eigenvalue weighted by atomic mass is 10.0. The molecule has 0 aliphatic carbocycles. The first-order valence-corrected chi connectivity index (χ1v) is 14.1. The monoisotopic (exact) mass is 664 g/mol. The number of hydrogen-bond acceptors (Lipinski definition) is 6. The summed E-state index contributed by atoms with van der Waals surface area (Å²) in [5.74, 6) is -2.01. The molecular formula is C30H29Cl2F3N6O4. The molecule has 45 heavy (non-hydrogen) atoms. The predicted molar refractivity (Wildman–Crippen MR) is 165 cm³/mol. The van der Waals surface area contributed by atoms with Gasteiger partial charge in [-0.05, 0) is 55.0 Å². The van der Waals surface area contributed by atoms with Gasteiger partial charge in [0.05, 0.1) is 52.6 Å². The minimum Gasteiger partial charge on any atom is -0.381 e. The predicted octanol–water partition coefficient (Wildman–Crippen LogP) is 4.68. The second kappa shape index (κ2) is 13.0. The van der Waals surface area contributed by atoms with Crippen molar-refractivity contribution in [3.05, 3.63) is 87.5 Å². The zero-order valence-electron chi connectivity index (χ0n) is 24.3. The summed E-state index contributed by atoms with van der Waals surface area (Å²) in [7, 11) is 2.55. The van der Waals surface area contributed by atoms with E-state index >= 15 is 0 Å². The molecule has 1 heterocycles. The van der Waals surface area contributed by atoms with Crippen LogP contribution in [0.5, 0.6) is 0 Å². The van der Waals surface area contributed by atoms with E-state index in [-0.39, 0.29) is 33.4 Å². The number of carbonyl (C=O) groups excluding carboxylic acids is 3. The molecule has 4 N–H and O–H groups in total. The summed E-state index contributed by atoms with van der Waals surface area (Å²) < 4.78 is 44.4. The lowest BCUT2D eigenvalue weighted by molar-refractivity contribution is -0.256. The first-order chi connectivity index (χ1) is 21.0. The highest BCUT2D eigenvalue weighted by Crippen LogP contribution is 2.34. The van der Waals surface area contributed by atoms with Gasteiger partial charge in [-0.1, -0.05) is 35.3 Å². The highest BCUT2D eigenvalue weighted by atomic mass is 35.5. The smallest absolute Gasteiger partial charge is 0.381 e. The highest BCUT2D eigenvalue weighted by Gasteiger charge is 2.54. The highest BCUT2D eigenvalue weighted by molar-refractivity contribution is 6.39. The van der Waals surface area contributed by atoms with E-state index in [0.717, 1.165) is 7.05 Å². The third-order valence-electron chi connectivity index (χ3n) is 7.03. The number of hydrogen-bond donors (Lipinski definition) is 3. The molecule has 0 aliphatic rings. The molecule has 1 unspecified atom stereocenters. The van der Waals surface area contributed by atoms with E-state index in [1.54, 1.807) is 43.3 Å². The summed E-state index contributed by atoms with van der Waals surface area (Å²) in [6, 6.07) is 14.0. The molecule has 0 saturated carbocycles. The number of amides is 3. The van der Waals surface area contributed by atoms with Crippen LogP contribution in [0.1, 0.15) is 26.3 Å². The molecule has 4 aromatic rings. The number of anilines is 1. The Labute approximate surface area is 266 Å². The second-order valence-electron chi connectivity index (χ2n) is 10.6. The summed E-state index contributed by atoms with van der Waals surface area (Å²) in [5.41, 5.74) is 3.79. The van der Waals surface area contributed by atoms with Crippen molar-refractivity contribution in [1.29, 1.82) is 0 Å². The number of nitrogens with one attached hydrogen (secondary N) is 1. The summed E-state index contributed by atoms with van der Waals surface area (Å²) in [4.78, 5) is 38.9. The van der Waals surface area contributed by atoms with Gasteiger partial charge in [0.2, 0.25) is 5.91 Å². The van der Waals surface area contributed by atoms with Crippen LogP contribution >= 0.6 is 23.2 Å². The van der Waals surface area contributed by atoms with Gasteiger partial charge in [-0.3, -0.25) is 14.4 Å². The summed E-state index contributed by atoms with van der Waals surface area (Å²) >= 11 is 12.1. The number of nitrogens with zero attached hydrogens (tertiary/aromatic N) is 4. The Morgan fingerprint density at radius 2 is 1.64 bits per heavy atom. The van der Waals surface area contributed by atoms with Gasteiger partial charge in [-0.15, -0.1) is 0 Å². The lowest BCUT2D eigenvalue weighted by Crippen LogP contribution is -2.58. The maximum Gasteiger partial charge on any atom is 0.420 e. The van der Waals surface area contributed by atoms with Crippen molar-refractivity contribution in [2.45, 2.75) is 18.7 Å². The quantitative estimate of drug-likeness (QED) is 0.226. The van der Waals surface area contributed by atoms with Gasteiger partial charge in [0.15, 0.2) is 5.60 Å². The number of halogens is 5. The molecule has 0 bridgehead atoms. The van der Waals surface area contributed by atoms with Crippen molar-refractivity contribution >= 4 is 57.5 Å². The molecule has 4 rings (SSSR count). The largest absolute Gasteiger partial charge is 0.420 e. The van der Waals surface area contributed by atoms with Gasteiger partial charge in [0.25, 0.3) is 11.8 Å². The zero-order valence-corrected chi connectivity index (χ0v) is 25.8. The Kier molecular flexibility index (Phi) is 9.66. The fraction of sp³-hybridized carbons (Fsp3) is 0.267. The Morgan fingerprint density at radius 3 is 2.27 bits per heavy atom. The number of primary amides is 1. The van der Waals surface area contributed by atoms with Crippen LogP contribution in [-0.4, -0.2) is 87.9 Å². The minimum atomic E-state index is -5.14. The van der Waals surface area contributed by atoms with Crippen molar-refractivity contribution in [1.82, 2.24) is 19.6 Å². The van der Waals surface area contributed by atoms with E-state index in [1.807, 2.05) is 0 Å². The molecular weight excluding hydrogens is 636 g/mol. The first kappa shape index (κ1) is 33.6. The number of carbonyl (C=O) groups is 3. The number of rotatable bonds is 10. The van der Waals surface area contributed by atoms with E-state index < -0.39 is 42.6 Å². The number of likely N-dealkylation sites (N-methyl/N-ethyl adjacent to an activating group) is 2. The Hall–Kier alpha value is -4.33. The molecule has 1 atom stereocenters. The third-order valence-corrected chi connectivity index (χ3v) is 7.66. The van der Waals surface area contributed by atoms with E-state index in [4.69, 9.17) is 28.9 Å². The molecule has 3 aromatic carbocycles. The fourth-order valence-corrected chi connectivity index (χ4v) is 5.32. The van der Waals surface area contributed by atoms with Crippen LogP contribution in [0.4, 0.5) is 18.9 Å². The average molecular weight is 665 g/mol. The molecule has 1 aromatic heterocycles. The second-order valence-corrected chi connectivity index (χ2v) is 11.4. The van der Waals surface area contributed by atoms with E-state index in [2.05, 4.69) is 10.4 Å². The minimum absolute atomic E-state index is 0.0419. The average Bonchev–Trinajstić information content (AvgIpc) is 3.38.